The maximum absolute atomic E-state index is 10.8. The Morgan fingerprint density at radius 1 is 0.679 bits per heavy atom. The third-order valence-corrected chi connectivity index (χ3v) is 7.99. The number of hydrogen-bond acceptors (Lipinski definition) is 2. The third-order valence-electron chi connectivity index (χ3n) is 7.99. The van der Waals surface area contributed by atoms with Crippen LogP contribution in [0.3, 0.4) is 0 Å². The first-order chi connectivity index (χ1) is 13.3. The van der Waals surface area contributed by atoms with Crippen LogP contribution in [0.15, 0.2) is 22.3 Å². The number of hydrogen-bond donors (Lipinski definition) is 0. The minimum Gasteiger partial charge on any atom is -0.303 e. The monoisotopic (exact) mass is 384 g/mol. The van der Waals surface area contributed by atoms with Gasteiger partial charge in [-0.15, -0.1) is 0 Å². The summed E-state index contributed by atoms with van der Waals surface area (Å²) in [5.74, 6) is 0.633. The van der Waals surface area contributed by atoms with E-state index in [0.29, 0.717) is 22.7 Å². The maximum Gasteiger partial charge on any atom is 0.123 e. The molecule has 0 aliphatic heterocycles. The Morgan fingerprint density at radius 2 is 1.21 bits per heavy atom. The van der Waals surface area contributed by atoms with E-state index in [9.17, 15) is 9.59 Å². The molecule has 0 aromatic carbocycles. The van der Waals surface area contributed by atoms with E-state index < -0.39 is 0 Å². The third kappa shape index (κ3) is 4.69. The summed E-state index contributed by atoms with van der Waals surface area (Å²) in [6.07, 6.45) is 16.8. The number of aldehydes is 2. The topological polar surface area (TPSA) is 34.1 Å². The largest absolute Gasteiger partial charge is 0.303 e. The van der Waals surface area contributed by atoms with Crippen molar-refractivity contribution in [3.63, 3.8) is 0 Å². The van der Waals surface area contributed by atoms with Crippen LogP contribution < -0.4 is 0 Å². The van der Waals surface area contributed by atoms with Gasteiger partial charge in [-0.2, -0.15) is 0 Å². The lowest BCUT2D eigenvalue weighted by molar-refractivity contribution is -0.112. The lowest BCUT2D eigenvalue weighted by Gasteiger charge is -2.39. The Kier molecular flexibility index (Phi) is 6.67. The quantitative estimate of drug-likeness (QED) is 0.380. The molecule has 0 radical (unpaired) electrons. The molecule has 0 bridgehead atoms. The highest BCUT2D eigenvalue weighted by atomic mass is 16.1. The molecule has 0 fully saturated rings. The molecule has 2 atom stereocenters. The first kappa shape index (κ1) is 21.5. The van der Waals surface area contributed by atoms with Gasteiger partial charge in [-0.05, 0) is 87.9 Å². The van der Waals surface area contributed by atoms with Crippen LogP contribution in [0.25, 0.3) is 0 Å². The van der Waals surface area contributed by atoms with E-state index in [1.807, 2.05) is 0 Å². The predicted molar refractivity (Wildman–Crippen MR) is 116 cm³/mol. The zero-order chi connectivity index (χ0) is 20.4. The summed E-state index contributed by atoms with van der Waals surface area (Å²) in [7, 11) is 0. The van der Waals surface area contributed by atoms with Gasteiger partial charge >= 0.3 is 0 Å². The summed E-state index contributed by atoms with van der Waals surface area (Å²) in [6, 6.07) is 0. The van der Waals surface area contributed by atoms with E-state index in [0.717, 1.165) is 38.3 Å². The predicted octanol–water partition coefficient (Wildman–Crippen LogP) is 6.98. The molecule has 4 aliphatic carbocycles. The van der Waals surface area contributed by atoms with E-state index in [4.69, 9.17) is 0 Å². The molecular formula is C26H40O2. The zero-order valence-electron chi connectivity index (χ0n) is 18.6. The van der Waals surface area contributed by atoms with Crippen LogP contribution in [-0.2, 0) is 9.59 Å². The van der Waals surface area contributed by atoms with Crippen LogP contribution in [0, 0.1) is 22.7 Å². The van der Waals surface area contributed by atoms with Gasteiger partial charge in [0.05, 0.1) is 0 Å². The van der Waals surface area contributed by atoms with Gasteiger partial charge in [0.1, 0.15) is 12.6 Å². The molecule has 2 nitrogen and oxygen atoms in total. The normalized spacial score (nSPS) is 31.1. The molecule has 0 aromatic rings. The van der Waals surface area contributed by atoms with Crippen LogP contribution in [-0.4, -0.2) is 12.6 Å². The molecule has 0 spiro atoms. The Hall–Kier alpha value is -1.18. The maximum atomic E-state index is 10.8. The Labute approximate surface area is 172 Å². The van der Waals surface area contributed by atoms with Gasteiger partial charge in [0.15, 0.2) is 0 Å². The van der Waals surface area contributed by atoms with Gasteiger partial charge < -0.3 is 9.59 Å². The van der Waals surface area contributed by atoms with Gasteiger partial charge in [-0.3, -0.25) is 0 Å². The fraction of sp³-hybridized carbons (Fsp3) is 0.769. The summed E-state index contributed by atoms with van der Waals surface area (Å²) < 4.78 is 0. The highest BCUT2D eigenvalue weighted by molar-refractivity contribution is 5.56. The molecule has 4 rings (SSSR count). The smallest absolute Gasteiger partial charge is 0.123 e. The van der Waals surface area contributed by atoms with Crippen molar-refractivity contribution in [3.8, 4) is 0 Å². The molecule has 0 amide bonds. The second-order valence-electron chi connectivity index (χ2n) is 10.9. The summed E-state index contributed by atoms with van der Waals surface area (Å²) >= 11 is 0. The number of carbonyl (C=O) groups is 2. The van der Waals surface area contributed by atoms with Gasteiger partial charge in [-0.1, -0.05) is 50.0 Å². The van der Waals surface area contributed by atoms with Gasteiger partial charge in [0.2, 0.25) is 0 Å². The standard InChI is InChI=1S/2C13H20O/c1-13(2)7-3-4-11-8-10(9-14)5-6-12(11)13;1-13(2)7-3-4-11-6-5-10(9-14)8-12(11)13/h2*9-10H,3-8H2,1-2H3. The molecule has 0 N–H and O–H groups in total. The number of carbonyl (C=O) groups excluding carboxylic acids is 2. The van der Waals surface area contributed by atoms with E-state index in [1.54, 1.807) is 22.3 Å². The van der Waals surface area contributed by atoms with Crippen molar-refractivity contribution in [2.75, 3.05) is 0 Å². The van der Waals surface area contributed by atoms with Crippen molar-refractivity contribution in [1.29, 1.82) is 0 Å². The lowest BCUT2D eigenvalue weighted by atomic mass is 9.66. The van der Waals surface area contributed by atoms with Crippen LogP contribution in [0.4, 0.5) is 0 Å². The average molecular weight is 385 g/mol. The Morgan fingerprint density at radius 3 is 1.86 bits per heavy atom. The second-order valence-corrected chi connectivity index (χ2v) is 10.9. The summed E-state index contributed by atoms with van der Waals surface area (Å²) in [5.41, 5.74) is 7.38. The molecule has 2 heteroatoms. The van der Waals surface area contributed by atoms with Gasteiger partial charge in [0, 0.05) is 11.8 Å². The second kappa shape index (κ2) is 8.67. The minimum atomic E-state index is 0.311. The highest BCUT2D eigenvalue weighted by Gasteiger charge is 2.34. The van der Waals surface area contributed by atoms with Crippen LogP contribution in [0.5, 0.6) is 0 Å². The summed E-state index contributed by atoms with van der Waals surface area (Å²) in [5, 5.41) is 0. The molecular weight excluding hydrogens is 344 g/mol. The fourth-order valence-electron chi connectivity index (χ4n) is 6.19. The molecule has 28 heavy (non-hydrogen) atoms. The van der Waals surface area contributed by atoms with E-state index in [-0.39, 0.29) is 0 Å². The Bertz CT molecular complexity index is 662. The van der Waals surface area contributed by atoms with E-state index in [2.05, 4.69) is 27.7 Å². The van der Waals surface area contributed by atoms with Crippen molar-refractivity contribution < 1.29 is 9.59 Å². The zero-order valence-corrected chi connectivity index (χ0v) is 18.6. The molecule has 156 valence electrons. The van der Waals surface area contributed by atoms with Crippen molar-refractivity contribution in [2.24, 2.45) is 22.7 Å². The van der Waals surface area contributed by atoms with Gasteiger partial charge in [-0.25, -0.2) is 0 Å². The number of rotatable bonds is 2. The molecule has 0 saturated heterocycles. The fourth-order valence-corrected chi connectivity index (χ4v) is 6.19. The van der Waals surface area contributed by atoms with Crippen LogP contribution in [0.2, 0.25) is 0 Å². The van der Waals surface area contributed by atoms with E-state index in [1.165, 1.54) is 51.4 Å². The first-order valence-corrected chi connectivity index (χ1v) is 11.6. The molecule has 0 saturated carbocycles. The van der Waals surface area contributed by atoms with Gasteiger partial charge in [0.25, 0.3) is 0 Å². The Balaban J connectivity index is 0.000000161. The average Bonchev–Trinajstić information content (AvgIpc) is 2.67. The molecule has 2 unspecified atom stereocenters. The van der Waals surface area contributed by atoms with Crippen LogP contribution in [0.1, 0.15) is 105 Å². The molecule has 4 aliphatic rings. The van der Waals surface area contributed by atoms with Crippen molar-refractivity contribution >= 4 is 12.6 Å². The number of allylic oxidation sites excluding steroid dienone is 4. The minimum absolute atomic E-state index is 0.311. The lowest BCUT2D eigenvalue weighted by Crippen LogP contribution is -2.26. The highest BCUT2D eigenvalue weighted by Crippen LogP contribution is 2.48. The molecule has 0 aromatic heterocycles. The molecule has 0 heterocycles. The summed E-state index contributed by atoms with van der Waals surface area (Å²) in [4.78, 5) is 21.6. The van der Waals surface area contributed by atoms with Crippen molar-refractivity contribution in [1.82, 2.24) is 0 Å². The van der Waals surface area contributed by atoms with Crippen molar-refractivity contribution in [3.05, 3.63) is 22.3 Å². The van der Waals surface area contributed by atoms with E-state index >= 15 is 0 Å². The SMILES string of the molecule is CC1(C)CCCC2=C1CC(C=O)CC2.CC1(C)CCCC2=C1CCC(C=O)C2. The van der Waals surface area contributed by atoms with Crippen LogP contribution >= 0.6 is 0 Å². The first-order valence-electron chi connectivity index (χ1n) is 11.6. The summed E-state index contributed by atoms with van der Waals surface area (Å²) in [6.45, 7) is 9.41. The van der Waals surface area contributed by atoms with Crippen molar-refractivity contribution in [2.45, 2.75) is 105 Å².